The molecule has 2 atom stereocenters. The first-order valence-electron chi connectivity index (χ1n) is 6.48. The summed E-state index contributed by atoms with van der Waals surface area (Å²) in [5.74, 6) is 0. The van der Waals surface area contributed by atoms with Crippen molar-refractivity contribution in [2.24, 2.45) is 5.73 Å². The summed E-state index contributed by atoms with van der Waals surface area (Å²) >= 11 is 3.53. The second-order valence-corrected chi connectivity index (χ2v) is 5.87. The third-order valence-electron chi connectivity index (χ3n) is 3.37. The first kappa shape index (κ1) is 13.8. The molecule has 4 heteroatoms. The number of anilines is 1. The summed E-state index contributed by atoms with van der Waals surface area (Å²) in [5.41, 5.74) is 8.32. The normalized spacial score (nSPS) is 24.3. The molecule has 2 rings (SSSR count). The van der Waals surface area contributed by atoms with E-state index in [0.29, 0.717) is 12.6 Å². The van der Waals surface area contributed by atoms with Crippen molar-refractivity contribution in [2.75, 3.05) is 24.6 Å². The number of nitrogens with two attached hydrogens (primary N) is 1. The zero-order valence-electron chi connectivity index (χ0n) is 11.0. The summed E-state index contributed by atoms with van der Waals surface area (Å²) in [6.07, 6.45) is 1.20. The Balaban J connectivity index is 2.30. The van der Waals surface area contributed by atoms with Crippen molar-refractivity contribution in [1.82, 2.24) is 0 Å². The number of morpholine rings is 1. The van der Waals surface area contributed by atoms with E-state index in [0.717, 1.165) is 24.0 Å². The van der Waals surface area contributed by atoms with Gasteiger partial charge in [-0.05, 0) is 50.6 Å². The molecule has 0 radical (unpaired) electrons. The second-order valence-electron chi connectivity index (χ2n) is 4.96. The summed E-state index contributed by atoms with van der Waals surface area (Å²) in [6, 6.07) is 6.87. The van der Waals surface area contributed by atoms with Crippen molar-refractivity contribution in [3.05, 3.63) is 28.2 Å². The van der Waals surface area contributed by atoms with Gasteiger partial charge in [0.1, 0.15) is 0 Å². The van der Waals surface area contributed by atoms with Crippen LogP contribution in [-0.4, -0.2) is 31.8 Å². The van der Waals surface area contributed by atoms with Crippen LogP contribution in [0.3, 0.4) is 0 Å². The molecule has 2 unspecified atom stereocenters. The maximum absolute atomic E-state index is 5.71. The van der Waals surface area contributed by atoms with Gasteiger partial charge in [0.05, 0.1) is 12.7 Å². The third-order valence-corrected chi connectivity index (χ3v) is 3.87. The van der Waals surface area contributed by atoms with Gasteiger partial charge in [-0.1, -0.05) is 15.9 Å². The fourth-order valence-electron chi connectivity index (χ4n) is 2.43. The number of ether oxygens (including phenoxy) is 1. The van der Waals surface area contributed by atoms with Gasteiger partial charge in [0.2, 0.25) is 0 Å². The SMILES string of the molecule is CC1CN(c2ccc(Br)cc2CCN)C(C)CO1. The molecule has 0 amide bonds. The minimum Gasteiger partial charge on any atom is -0.375 e. The largest absolute Gasteiger partial charge is 0.375 e. The number of benzene rings is 1. The minimum atomic E-state index is 0.288. The molecule has 18 heavy (non-hydrogen) atoms. The van der Waals surface area contributed by atoms with Crippen molar-refractivity contribution in [2.45, 2.75) is 32.4 Å². The summed E-state index contributed by atoms with van der Waals surface area (Å²) in [5, 5.41) is 0. The monoisotopic (exact) mass is 312 g/mol. The zero-order chi connectivity index (χ0) is 13.1. The minimum absolute atomic E-state index is 0.288. The Hall–Kier alpha value is -0.580. The number of nitrogens with zero attached hydrogens (tertiary/aromatic N) is 1. The van der Waals surface area contributed by atoms with E-state index >= 15 is 0 Å². The molecule has 1 saturated heterocycles. The van der Waals surface area contributed by atoms with Crippen LogP contribution in [0.25, 0.3) is 0 Å². The van der Waals surface area contributed by atoms with Crippen molar-refractivity contribution in [3.63, 3.8) is 0 Å². The lowest BCUT2D eigenvalue weighted by Crippen LogP contribution is -2.47. The van der Waals surface area contributed by atoms with Crippen LogP contribution in [0.1, 0.15) is 19.4 Å². The second kappa shape index (κ2) is 6.04. The molecule has 100 valence electrons. The molecule has 0 saturated carbocycles. The molecule has 1 fully saturated rings. The van der Waals surface area contributed by atoms with E-state index in [1.165, 1.54) is 11.3 Å². The molecule has 1 aromatic carbocycles. The molecular weight excluding hydrogens is 292 g/mol. The fraction of sp³-hybridized carbons (Fsp3) is 0.571. The van der Waals surface area contributed by atoms with Crippen LogP contribution in [0.4, 0.5) is 5.69 Å². The van der Waals surface area contributed by atoms with Gasteiger partial charge in [-0.2, -0.15) is 0 Å². The van der Waals surface area contributed by atoms with E-state index in [9.17, 15) is 0 Å². The highest BCUT2D eigenvalue weighted by Gasteiger charge is 2.25. The molecule has 0 aromatic heterocycles. The van der Waals surface area contributed by atoms with Crippen molar-refractivity contribution in [3.8, 4) is 0 Å². The average Bonchev–Trinajstić information content (AvgIpc) is 2.33. The van der Waals surface area contributed by atoms with Gasteiger partial charge >= 0.3 is 0 Å². The van der Waals surface area contributed by atoms with Crippen molar-refractivity contribution in [1.29, 1.82) is 0 Å². The standard InChI is InChI=1S/C14H21BrN2O/c1-10-9-18-11(2)8-17(10)14-4-3-13(15)7-12(14)5-6-16/h3-4,7,10-11H,5-6,8-9,16H2,1-2H3. The molecule has 3 nitrogen and oxygen atoms in total. The Morgan fingerprint density at radius 3 is 2.94 bits per heavy atom. The Kier molecular flexibility index (Phi) is 4.65. The number of hydrogen-bond donors (Lipinski definition) is 1. The van der Waals surface area contributed by atoms with E-state index in [-0.39, 0.29) is 6.10 Å². The maximum atomic E-state index is 5.71. The fourth-order valence-corrected chi connectivity index (χ4v) is 2.84. The van der Waals surface area contributed by atoms with Crippen LogP contribution in [0.15, 0.2) is 22.7 Å². The van der Waals surface area contributed by atoms with E-state index in [4.69, 9.17) is 10.5 Å². The number of hydrogen-bond acceptors (Lipinski definition) is 3. The van der Waals surface area contributed by atoms with E-state index in [1.807, 2.05) is 0 Å². The Bertz CT molecular complexity index is 411. The summed E-state index contributed by atoms with van der Waals surface area (Å²) in [4.78, 5) is 2.44. The molecule has 1 aliphatic heterocycles. The summed E-state index contributed by atoms with van der Waals surface area (Å²) in [6.45, 7) is 6.75. The highest BCUT2D eigenvalue weighted by molar-refractivity contribution is 9.10. The van der Waals surface area contributed by atoms with Gasteiger partial charge in [0, 0.05) is 22.7 Å². The molecule has 0 aliphatic carbocycles. The lowest BCUT2D eigenvalue weighted by molar-refractivity contribution is 0.0343. The summed E-state index contributed by atoms with van der Waals surface area (Å²) in [7, 11) is 0. The Morgan fingerprint density at radius 2 is 2.22 bits per heavy atom. The Labute approximate surface area is 117 Å². The first-order chi connectivity index (χ1) is 8.61. The van der Waals surface area contributed by atoms with E-state index in [2.05, 4.69) is 52.9 Å². The van der Waals surface area contributed by atoms with Gasteiger partial charge < -0.3 is 15.4 Å². The smallest absolute Gasteiger partial charge is 0.0723 e. The van der Waals surface area contributed by atoms with Crippen LogP contribution in [0.2, 0.25) is 0 Å². The van der Waals surface area contributed by atoms with Crippen molar-refractivity contribution >= 4 is 21.6 Å². The number of halogens is 1. The van der Waals surface area contributed by atoms with Gasteiger partial charge in [-0.3, -0.25) is 0 Å². The topological polar surface area (TPSA) is 38.5 Å². The lowest BCUT2D eigenvalue weighted by Gasteiger charge is -2.39. The molecule has 1 heterocycles. The van der Waals surface area contributed by atoms with Gasteiger partial charge in [-0.25, -0.2) is 0 Å². The molecule has 0 bridgehead atoms. The highest BCUT2D eigenvalue weighted by atomic mass is 79.9. The third kappa shape index (κ3) is 3.05. The first-order valence-corrected chi connectivity index (χ1v) is 7.28. The molecule has 0 spiro atoms. The quantitative estimate of drug-likeness (QED) is 0.932. The highest BCUT2D eigenvalue weighted by Crippen LogP contribution is 2.28. The predicted octanol–water partition coefficient (Wildman–Crippen LogP) is 2.56. The van der Waals surface area contributed by atoms with E-state index < -0.39 is 0 Å². The predicted molar refractivity (Wildman–Crippen MR) is 79.1 cm³/mol. The van der Waals surface area contributed by atoms with Crippen LogP contribution in [0, 0.1) is 0 Å². The van der Waals surface area contributed by atoms with Gasteiger partial charge in [-0.15, -0.1) is 0 Å². The van der Waals surface area contributed by atoms with Crippen molar-refractivity contribution < 1.29 is 4.74 Å². The van der Waals surface area contributed by atoms with Crippen LogP contribution in [0.5, 0.6) is 0 Å². The molecule has 1 aliphatic rings. The van der Waals surface area contributed by atoms with Gasteiger partial charge in [0.25, 0.3) is 0 Å². The van der Waals surface area contributed by atoms with Crippen LogP contribution >= 0.6 is 15.9 Å². The van der Waals surface area contributed by atoms with Crippen LogP contribution in [-0.2, 0) is 11.2 Å². The Morgan fingerprint density at radius 1 is 1.44 bits per heavy atom. The molecule has 2 N–H and O–H groups in total. The van der Waals surface area contributed by atoms with Gasteiger partial charge in [0.15, 0.2) is 0 Å². The number of rotatable bonds is 3. The average molecular weight is 313 g/mol. The van der Waals surface area contributed by atoms with Crippen LogP contribution < -0.4 is 10.6 Å². The maximum Gasteiger partial charge on any atom is 0.0723 e. The molecule has 1 aromatic rings. The zero-order valence-corrected chi connectivity index (χ0v) is 12.6. The summed E-state index contributed by atoms with van der Waals surface area (Å²) < 4.78 is 6.80. The lowest BCUT2D eigenvalue weighted by atomic mass is 10.1. The molecular formula is C14H21BrN2O. The van der Waals surface area contributed by atoms with E-state index in [1.54, 1.807) is 0 Å².